The molecule has 0 aliphatic heterocycles. The summed E-state index contributed by atoms with van der Waals surface area (Å²) in [5.74, 6) is 0.443. The first-order chi connectivity index (χ1) is 12.6. The zero-order valence-electron chi connectivity index (χ0n) is 14.1. The van der Waals surface area contributed by atoms with Gasteiger partial charge in [-0.2, -0.15) is 9.78 Å². The second-order valence-electron chi connectivity index (χ2n) is 5.11. The number of hydrogen-bond acceptors (Lipinski definition) is 9. The van der Waals surface area contributed by atoms with Gasteiger partial charge in [0.05, 0.1) is 18.5 Å². The van der Waals surface area contributed by atoms with Crippen LogP contribution in [0.1, 0.15) is 28.7 Å². The highest BCUT2D eigenvalue weighted by molar-refractivity contribution is 5.94. The molecule has 0 fully saturated rings. The van der Waals surface area contributed by atoms with Crippen LogP contribution >= 0.6 is 0 Å². The van der Waals surface area contributed by atoms with Gasteiger partial charge in [0.1, 0.15) is 5.75 Å². The Balaban J connectivity index is 1.67. The van der Waals surface area contributed by atoms with Gasteiger partial charge in [-0.3, -0.25) is 4.79 Å². The molecular formula is C15H16N8O3. The zero-order chi connectivity index (χ0) is 18.5. The fourth-order valence-electron chi connectivity index (χ4n) is 2.11. The number of benzene rings is 1. The topological polar surface area (TPSA) is 146 Å². The molecule has 0 radical (unpaired) electrons. The average Bonchev–Trinajstić information content (AvgIpc) is 3.22. The summed E-state index contributed by atoms with van der Waals surface area (Å²) < 4.78 is 11.1. The molecule has 3 aromatic rings. The molecule has 2 heterocycles. The number of aromatic nitrogens is 5. The number of nitrogens with two attached hydrogens (primary N) is 1. The Kier molecular flexibility index (Phi) is 4.87. The molecule has 26 heavy (non-hydrogen) atoms. The molecule has 0 aliphatic rings. The first-order valence-corrected chi connectivity index (χ1v) is 7.67. The van der Waals surface area contributed by atoms with Crippen molar-refractivity contribution in [3.63, 3.8) is 0 Å². The van der Waals surface area contributed by atoms with Gasteiger partial charge in [0.15, 0.2) is 5.69 Å². The zero-order valence-corrected chi connectivity index (χ0v) is 14.1. The van der Waals surface area contributed by atoms with Gasteiger partial charge >= 0.3 is 0 Å². The summed E-state index contributed by atoms with van der Waals surface area (Å²) in [6.45, 7) is 4.15. The lowest BCUT2D eigenvalue weighted by molar-refractivity contribution is 0.0949. The van der Waals surface area contributed by atoms with Gasteiger partial charge in [0.25, 0.3) is 5.91 Å². The highest BCUT2D eigenvalue weighted by Crippen LogP contribution is 2.14. The predicted molar refractivity (Wildman–Crippen MR) is 91.0 cm³/mol. The molecular weight excluding hydrogens is 340 g/mol. The number of hydrogen-bond donors (Lipinski definition) is 2. The van der Waals surface area contributed by atoms with Crippen molar-refractivity contribution in [2.45, 2.75) is 13.8 Å². The van der Waals surface area contributed by atoms with E-state index in [0.29, 0.717) is 12.3 Å². The smallest absolute Gasteiger partial charge is 0.293 e. The van der Waals surface area contributed by atoms with Crippen LogP contribution in [0.5, 0.6) is 5.75 Å². The third-order valence-corrected chi connectivity index (χ3v) is 3.38. The van der Waals surface area contributed by atoms with Crippen LogP contribution in [0, 0.1) is 6.92 Å². The highest BCUT2D eigenvalue weighted by atomic mass is 16.6. The van der Waals surface area contributed by atoms with Crippen LogP contribution in [0.4, 0.5) is 5.82 Å². The lowest BCUT2D eigenvalue weighted by Crippen LogP contribution is -2.19. The summed E-state index contributed by atoms with van der Waals surface area (Å²) in [5.41, 5.74) is 9.31. The molecule has 1 aromatic carbocycles. The monoisotopic (exact) mass is 356 g/mol. The molecule has 11 nitrogen and oxygen atoms in total. The molecule has 3 N–H and O–H groups in total. The van der Waals surface area contributed by atoms with E-state index in [1.807, 2.05) is 31.2 Å². The lowest BCUT2D eigenvalue weighted by atomic mass is 10.2. The van der Waals surface area contributed by atoms with E-state index in [9.17, 15) is 4.79 Å². The Morgan fingerprint density at radius 2 is 2.15 bits per heavy atom. The van der Waals surface area contributed by atoms with Crippen molar-refractivity contribution in [2.75, 3.05) is 12.3 Å². The van der Waals surface area contributed by atoms with Gasteiger partial charge in [-0.15, -0.1) is 5.10 Å². The maximum atomic E-state index is 12.2. The summed E-state index contributed by atoms with van der Waals surface area (Å²) in [6, 6.07) is 7.28. The normalized spacial score (nSPS) is 11.0. The molecule has 0 bridgehead atoms. The van der Waals surface area contributed by atoms with Crippen molar-refractivity contribution in [1.82, 2.24) is 30.7 Å². The van der Waals surface area contributed by atoms with E-state index in [1.165, 1.54) is 10.9 Å². The van der Waals surface area contributed by atoms with Crippen LogP contribution in [-0.2, 0) is 0 Å². The number of ether oxygens (including phenoxy) is 1. The molecule has 0 atom stereocenters. The molecule has 0 aliphatic carbocycles. The van der Waals surface area contributed by atoms with Crippen molar-refractivity contribution in [2.24, 2.45) is 5.10 Å². The molecule has 3 rings (SSSR count). The lowest BCUT2D eigenvalue weighted by Gasteiger charge is -2.02. The van der Waals surface area contributed by atoms with Crippen molar-refractivity contribution in [1.29, 1.82) is 0 Å². The van der Waals surface area contributed by atoms with Gasteiger partial charge in [0.2, 0.25) is 11.6 Å². The van der Waals surface area contributed by atoms with Crippen molar-refractivity contribution < 1.29 is 14.2 Å². The van der Waals surface area contributed by atoms with E-state index in [-0.39, 0.29) is 17.3 Å². The van der Waals surface area contributed by atoms with Crippen LogP contribution in [-0.4, -0.2) is 44.0 Å². The number of rotatable bonds is 6. The van der Waals surface area contributed by atoms with Crippen LogP contribution in [0.2, 0.25) is 0 Å². The van der Waals surface area contributed by atoms with Crippen molar-refractivity contribution >= 4 is 17.9 Å². The number of nitrogens with zero attached hydrogens (tertiary/aromatic N) is 6. The molecule has 0 saturated heterocycles. The summed E-state index contributed by atoms with van der Waals surface area (Å²) in [4.78, 5) is 12.2. The minimum Gasteiger partial charge on any atom is -0.494 e. The number of carbonyl (C=O) groups is 1. The summed E-state index contributed by atoms with van der Waals surface area (Å²) in [7, 11) is 0. The van der Waals surface area contributed by atoms with Crippen LogP contribution < -0.4 is 15.9 Å². The van der Waals surface area contributed by atoms with Crippen LogP contribution in [0.15, 0.2) is 34.0 Å². The number of nitrogens with one attached hydrogen (secondary N) is 1. The fraction of sp³-hybridized carbons (Fsp3) is 0.200. The van der Waals surface area contributed by atoms with Crippen LogP contribution in [0.25, 0.3) is 5.82 Å². The first-order valence-electron chi connectivity index (χ1n) is 7.67. The first kappa shape index (κ1) is 17.1. The number of anilines is 1. The molecule has 11 heteroatoms. The SMILES string of the molecule is CCOc1ccc(/C=N\NC(=O)c2nnn(-c3nonc3N)c2C)cc1. The largest absolute Gasteiger partial charge is 0.494 e. The molecule has 1 amide bonds. The van der Waals surface area contributed by atoms with E-state index in [2.05, 4.69) is 35.8 Å². The minimum atomic E-state index is -0.522. The Labute approximate surface area is 147 Å². The third kappa shape index (κ3) is 3.50. The Morgan fingerprint density at radius 1 is 1.38 bits per heavy atom. The Bertz CT molecular complexity index is 929. The van der Waals surface area contributed by atoms with Gasteiger partial charge in [-0.25, -0.2) is 10.1 Å². The fourth-order valence-corrected chi connectivity index (χ4v) is 2.11. The summed E-state index contributed by atoms with van der Waals surface area (Å²) in [5, 5.41) is 18.6. The predicted octanol–water partition coefficient (Wildman–Crippen LogP) is 0.704. The highest BCUT2D eigenvalue weighted by Gasteiger charge is 2.20. The second kappa shape index (κ2) is 7.42. The van der Waals surface area contributed by atoms with Gasteiger partial charge in [-0.1, -0.05) is 5.21 Å². The maximum absolute atomic E-state index is 12.2. The molecule has 0 saturated carbocycles. The summed E-state index contributed by atoms with van der Waals surface area (Å²) >= 11 is 0. The second-order valence-corrected chi connectivity index (χ2v) is 5.11. The number of amides is 1. The third-order valence-electron chi connectivity index (χ3n) is 3.38. The maximum Gasteiger partial charge on any atom is 0.293 e. The standard InChI is InChI=1S/C15H16N8O3/c1-3-25-11-6-4-10(5-7-11)8-17-19-15(24)12-9(2)23(22-18-12)14-13(16)20-26-21-14/h4-8H,3H2,1-2H3,(H2,16,20)(H,19,24)/b17-8-. The van der Waals surface area contributed by atoms with Crippen molar-refractivity contribution in [3.05, 3.63) is 41.2 Å². The average molecular weight is 356 g/mol. The van der Waals surface area contributed by atoms with E-state index >= 15 is 0 Å². The Morgan fingerprint density at radius 3 is 2.81 bits per heavy atom. The molecule has 0 unspecified atom stereocenters. The number of hydrazone groups is 1. The summed E-state index contributed by atoms with van der Waals surface area (Å²) in [6.07, 6.45) is 1.51. The Hall–Kier alpha value is -3.76. The van der Waals surface area contributed by atoms with E-state index in [0.717, 1.165) is 11.3 Å². The van der Waals surface area contributed by atoms with Gasteiger partial charge in [-0.05, 0) is 54.0 Å². The van der Waals surface area contributed by atoms with Crippen molar-refractivity contribution in [3.8, 4) is 11.6 Å². The molecule has 0 spiro atoms. The number of carbonyl (C=O) groups excluding carboxylic acids is 1. The van der Waals surface area contributed by atoms with E-state index in [1.54, 1.807) is 6.92 Å². The minimum absolute atomic E-state index is 0.0403. The number of nitrogen functional groups attached to an aromatic ring is 1. The molecule has 134 valence electrons. The molecule has 2 aromatic heterocycles. The van der Waals surface area contributed by atoms with E-state index < -0.39 is 5.91 Å². The quantitative estimate of drug-likeness (QED) is 0.485. The van der Waals surface area contributed by atoms with E-state index in [4.69, 9.17) is 10.5 Å². The van der Waals surface area contributed by atoms with Gasteiger partial charge < -0.3 is 10.5 Å². The van der Waals surface area contributed by atoms with Gasteiger partial charge in [0, 0.05) is 0 Å². The van der Waals surface area contributed by atoms with Crippen LogP contribution in [0.3, 0.4) is 0 Å².